The van der Waals surface area contributed by atoms with E-state index in [1.54, 1.807) is 0 Å². The Hall–Kier alpha value is -1.61. The zero-order valence-corrected chi connectivity index (χ0v) is 13.1. The van der Waals surface area contributed by atoms with Gasteiger partial charge in [-0.2, -0.15) is 11.8 Å². The number of nitrogens with zero attached hydrogens (tertiary/aromatic N) is 1. The number of nitro groups is 1. The Morgan fingerprint density at radius 1 is 1.48 bits per heavy atom. The Labute approximate surface area is 132 Å². The Morgan fingerprint density at radius 3 is 2.71 bits per heavy atom. The molecule has 0 aromatic heterocycles. The molecule has 1 unspecified atom stereocenters. The van der Waals surface area contributed by atoms with Gasteiger partial charge in [-0.25, -0.2) is 4.79 Å². The Kier molecular flexibility index (Phi) is 4.52. The quantitative estimate of drug-likeness (QED) is 0.616. The van der Waals surface area contributed by atoms with E-state index in [2.05, 4.69) is 21.2 Å². The number of carboxylic acids is 1. The molecule has 1 aliphatic rings. The maximum absolute atomic E-state index is 12.2. The molecule has 1 atom stereocenters. The molecule has 0 aliphatic carbocycles. The van der Waals surface area contributed by atoms with Gasteiger partial charge in [-0.1, -0.05) is 0 Å². The molecule has 0 saturated carbocycles. The number of thioether (sulfide) groups is 1. The first-order valence-corrected chi connectivity index (χ1v) is 7.88. The van der Waals surface area contributed by atoms with E-state index < -0.39 is 22.3 Å². The summed E-state index contributed by atoms with van der Waals surface area (Å²) < 4.78 is 0.258. The SMILES string of the molecule is O=C(NC1(C(=O)O)CCSC1)c1ccc(Br)c([N+](=O)[O-])c1. The number of rotatable bonds is 4. The monoisotopic (exact) mass is 374 g/mol. The van der Waals surface area contributed by atoms with Crippen LogP contribution < -0.4 is 5.32 Å². The van der Waals surface area contributed by atoms with Crippen LogP contribution in [0.4, 0.5) is 5.69 Å². The minimum atomic E-state index is -1.30. The van der Waals surface area contributed by atoms with E-state index in [1.165, 1.54) is 23.9 Å². The predicted octanol–water partition coefficient (Wildman–Crippen LogP) is 2.05. The van der Waals surface area contributed by atoms with Gasteiger partial charge in [0.2, 0.25) is 0 Å². The van der Waals surface area contributed by atoms with Crippen molar-refractivity contribution in [1.29, 1.82) is 0 Å². The van der Waals surface area contributed by atoms with Crippen LogP contribution in [0.3, 0.4) is 0 Å². The summed E-state index contributed by atoms with van der Waals surface area (Å²) in [5.74, 6) is -0.789. The number of carbonyl (C=O) groups is 2. The third-order valence-corrected chi connectivity index (χ3v) is 5.05. The zero-order chi connectivity index (χ0) is 15.6. The van der Waals surface area contributed by atoms with Crippen molar-refractivity contribution in [2.75, 3.05) is 11.5 Å². The van der Waals surface area contributed by atoms with Crippen molar-refractivity contribution in [1.82, 2.24) is 5.32 Å². The molecule has 1 fully saturated rings. The Morgan fingerprint density at radius 2 is 2.19 bits per heavy atom. The summed E-state index contributed by atoms with van der Waals surface area (Å²) in [6.07, 6.45) is 0.331. The van der Waals surface area contributed by atoms with Crippen LogP contribution in [-0.4, -0.2) is 39.0 Å². The highest BCUT2D eigenvalue weighted by Crippen LogP contribution is 2.30. The van der Waals surface area contributed by atoms with E-state index in [-0.39, 0.29) is 21.5 Å². The molecule has 21 heavy (non-hydrogen) atoms. The molecular formula is C12H11BrN2O5S. The average Bonchev–Trinajstić information content (AvgIpc) is 2.88. The minimum Gasteiger partial charge on any atom is -0.479 e. The number of halogens is 1. The third kappa shape index (κ3) is 3.18. The van der Waals surface area contributed by atoms with Gasteiger partial charge in [0.05, 0.1) is 9.40 Å². The van der Waals surface area contributed by atoms with Crippen LogP contribution in [-0.2, 0) is 4.79 Å². The average molecular weight is 375 g/mol. The van der Waals surface area contributed by atoms with Gasteiger partial charge in [0.15, 0.2) is 0 Å². The normalized spacial score (nSPS) is 21.0. The van der Waals surface area contributed by atoms with Gasteiger partial charge in [-0.3, -0.25) is 14.9 Å². The lowest BCUT2D eigenvalue weighted by Crippen LogP contribution is -2.54. The van der Waals surface area contributed by atoms with Crippen molar-refractivity contribution in [2.45, 2.75) is 12.0 Å². The van der Waals surface area contributed by atoms with E-state index >= 15 is 0 Å². The van der Waals surface area contributed by atoms with Gasteiger partial charge in [0, 0.05) is 17.4 Å². The predicted molar refractivity (Wildman–Crippen MR) is 80.6 cm³/mol. The molecule has 7 nitrogen and oxygen atoms in total. The highest BCUT2D eigenvalue weighted by molar-refractivity contribution is 9.10. The summed E-state index contributed by atoms with van der Waals surface area (Å²) in [4.78, 5) is 33.8. The number of amides is 1. The first-order chi connectivity index (χ1) is 9.85. The molecule has 0 radical (unpaired) electrons. The van der Waals surface area contributed by atoms with Crippen molar-refractivity contribution < 1.29 is 19.6 Å². The van der Waals surface area contributed by atoms with Crippen LogP contribution in [0, 0.1) is 10.1 Å². The molecule has 1 amide bonds. The second-order valence-electron chi connectivity index (χ2n) is 4.57. The van der Waals surface area contributed by atoms with Crippen molar-refractivity contribution in [3.63, 3.8) is 0 Å². The zero-order valence-electron chi connectivity index (χ0n) is 10.7. The van der Waals surface area contributed by atoms with Gasteiger partial charge in [0.1, 0.15) is 5.54 Å². The summed E-state index contributed by atoms with van der Waals surface area (Å²) in [7, 11) is 0. The minimum absolute atomic E-state index is 0.0578. The lowest BCUT2D eigenvalue weighted by molar-refractivity contribution is -0.385. The van der Waals surface area contributed by atoms with Crippen LogP contribution in [0.2, 0.25) is 0 Å². The van der Waals surface area contributed by atoms with E-state index in [0.29, 0.717) is 12.2 Å². The van der Waals surface area contributed by atoms with Crippen molar-refractivity contribution in [3.8, 4) is 0 Å². The van der Waals surface area contributed by atoms with Crippen molar-refractivity contribution >= 4 is 45.3 Å². The highest BCUT2D eigenvalue weighted by Gasteiger charge is 2.43. The number of carboxylic acid groups (broad SMARTS) is 1. The van der Waals surface area contributed by atoms with Crippen LogP contribution >= 0.6 is 27.7 Å². The molecule has 2 N–H and O–H groups in total. The topological polar surface area (TPSA) is 110 Å². The van der Waals surface area contributed by atoms with Crippen molar-refractivity contribution in [3.05, 3.63) is 38.3 Å². The third-order valence-electron chi connectivity index (χ3n) is 3.19. The number of carbonyl (C=O) groups excluding carboxylic acids is 1. The molecule has 1 aromatic rings. The number of nitrogens with one attached hydrogen (secondary N) is 1. The first kappa shape index (κ1) is 15.8. The summed E-state index contributed by atoms with van der Waals surface area (Å²) in [5, 5.41) is 22.7. The van der Waals surface area contributed by atoms with Crippen LogP contribution in [0.1, 0.15) is 16.8 Å². The molecule has 112 valence electrons. The van der Waals surface area contributed by atoms with Gasteiger partial charge < -0.3 is 10.4 Å². The summed E-state index contributed by atoms with van der Waals surface area (Å²) >= 11 is 4.48. The van der Waals surface area contributed by atoms with Gasteiger partial charge >= 0.3 is 5.97 Å². The van der Waals surface area contributed by atoms with Gasteiger partial charge in [-0.05, 0) is 40.2 Å². The summed E-state index contributed by atoms with van der Waals surface area (Å²) in [6, 6.07) is 3.92. The Bertz CT molecular complexity index is 616. The van der Waals surface area contributed by atoms with Gasteiger partial charge in [-0.15, -0.1) is 0 Å². The fourth-order valence-corrected chi connectivity index (χ4v) is 3.69. The van der Waals surface area contributed by atoms with Crippen LogP contribution in [0.5, 0.6) is 0 Å². The van der Waals surface area contributed by atoms with Crippen LogP contribution in [0.25, 0.3) is 0 Å². The lowest BCUT2D eigenvalue weighted by atomic mass is 9.98. The fourth-order valence-electron chi connectivity index (χ4n) is 1.97. The summed E-state index contributed by atoms with van der Waals surface area (Å²) in [5.41, 5.74) is -1.49. The molecule has 0 spiro atoms. The number of hydrogen-bond acceptors (Lipinski definition) is 5. The van der Waals surface area contributed by atoms with E-state index in [4.69, 9.17) is 0 Å². The van der Waals surface area contributed by atoms with Crippen LogP contribution in [0.15, 0.2) is 22.7 Å². The first-order valence-electron chi connectivity index (χ1n) is 5.93. The number of hydrogen-bond donors (Lipinski definition) is 2. The molecular weight excluding hydrogens is 364 g/mol. The van der Waals surface area contributed by atoms with E-state index in [9.17, 15) is 24.8 Å². The lowest BCUT2D eigenvalue weighted by Gasteiger charge is -2.24. The fraction of sp³-hybridized carbons (Fsp3) is 0.333. The molecule has 2 rings (SSSR count). The smallest absolute Gasteiger partial charge is 0.330 e. The number of aliphatic carboxylic acids is 1. The maximum Gasteiger partial charge on any atom is 0.330 e. The molecule has 1 saturated heterocycles. The maximum atomic E-state index is 12.2. The molecule has 1 heterocycles. The molecule has 9 heteroatoms. The number of nitro benzene ring substituents is 1. The largest absolute Gasteiger partial charge is 0.479 e. The molecule has 1 aromatic carbocycles. The molecule has 1 aliphatic heterocycles. The van der Waals surface area contributed by atoms with E-state index in [1.807, 2.05) is 0 Å². The number of benzene rings is 1. The second-order valence-corrected chi connectivity index (χ2v) is 6.53. The molecule has 0 bridgehead atoms. The van der Waals surface area contributed by atoms with Gasteiger partial charge in [0.25, 0.3) is 11.6 Å². The highest BCUT2D eigenvalue weighted by atomic mass is 79.9. The summed E-state index contributed by atoms with van der Waals surface area (Å²) in [6.45, 7) is 0. The van der Waals surface area contributed by atoms with Crippen molar-refractivity contribution in [2.24, 2.45) is 0 Å². The standard InChI is InChI=1S/C12H11BrN2O5S/c13-8-2-1-7(5-9(8)15(19)20)10(16)14-12(11(17)18)3-4-21-6-12/h1-2,5H,3-4,6H2,(H,14,16)(H,17,18). The Balaban J connectivity index is 2.26. The second kappa shape index (κ2) is 6.02. The van der Waals surface area contributed by atoms with E-state index in [0.717, 1.165) is 6.07 Å².